The molecule has 1 aromatic carbocycles. The van der Waals surface area contributed by atoms with Crippen LogP contribution in [0.5, 0.6) is 11.5 Å². The van der Waals surface area contributed by atoms with E-state index in [9.17, 15) is 0 Å². The smallest absolute Gasteiger partial charge is 0.122 e. The van der Waals surface area contributed by atoms with E-state index in [2.05, 4.69) is 39.9 Å². The summed E-state index contributed by atoms with van der Waals surface area (Å²) in [4.78, 5) is 2.51. The maximum atomic E-state index is 5.41. The Morgan fingerprint density at radius 2 is 1.80 bits per heavy atom. The molecule has 5 nitrogen and oxygen atoms in total. The molecule has 1 aromatic heterocycles. The zero-order chi connectivity index (χ0) is 17.6. The fourth-order valence-corrected chi connectivity index (χ4v) is 3.57. The highest BCUT2D eigenvalue weighted by Crippen LogP contribution is 2.26. The van der Waals surface area contributed by atoms with Crippen LogP contribution in [0.1, 0.15) is 17.7 Å². The number of hydrogen-bond donors (Lipinski definition) is 0. The summed E-state index contributed by atoms with van der Waals surface area (Å²) in [5, 5.41) is 0. The number of rotatable bonds is 7. The van der Waals surface area contributed by atoms with E-state index >= 15 is 0 Å². The Balaban J connectivity index is 1.78. The maximum Gasteiger partial charge on any atom is 0.122 e. The van der Waals surface area contributed by atoms with Gasteiger partial charge in [-0.3, -0.25) is 4.90 Å². The fourth-order valence-electron chi connectivity index (χ4n) is 3.57. The van der Waals surface area contributed by atoms with Crippen molar-refractivity contribution in [3.63, 3.8) is 0 Å². The monoisotopic (exact) mass is 344 g/mol. The Labute approximate surface area is 150 Å². The quantitative estimate of drug-likeness (QED) is 0.773. The van der Waals surface area contributed by atoms with Crippen molar-refractivity contribution < 1.29 is 14.2 Å². The third-order valence-corrected chi connectivity index (χ3v) is 4.83. The van der Waals surface area contributed by atoms with Gasteiger partial charge in [0.05, 0.1) is 14.2 Å². The minimum absolute atomic E-state index is 0.584. The Hall–Kier alpha value is -1.98. The molecule has 2 heterocycles. The number of hydrogen-bond acceptors (Lipinski definition) is 4. The van der Waals surface area contributed by atoms with Crippen molar-refractivity contribution >= 4 is 0 Å². The molecule has 1 unspecified atom stereocenters. The van der Waals surface area contributed by atoms with E-state index in [-0.39, 0.29) is 0 Å². The largest absolute Gasteiger partial charge is 0.497 e. The topological polar surface area (TPSA) is 35.9 Å². The second kappa shape index (κ2) is 8.41. The van der Waals surface area contributed by atoms with Crippen LogP contribution in [0.2, 0.25) is 0 Å². The molecule has 0 radical (unpaired) electrons. The number of benzene rings is 1. The third-order valence-electron chi connectivity index (χ3n) is 4.83. The van der Waals surface area contributed by atoms with Crippen molar-refractivity contribution in [3.05, 3.63) is 47.8 Å². The van der Waals surface area contributed by atoms with Crippen LogP contribution in [0.4, 0.5) is 0 Å². The van der Waals surface area contributed by atoms with Crippen molar-refractivity contribution in [3.8, 4) is 11.5 Å². The average molecular weight is 344 g/mol. The standard InChI is InChI=1S/C20H28N2O3/c1-23-8-6-16-12-21(15-18-5-4-7-22(18)14-16)13-17-9-19(24-2)11-20(10-17)25-3/h4-5,7,9-11,16H,6,8,12-15H2,1-3H3. The molecule has 0 fully saturated rings. The third kappa shape index (κ3) is 4.55. The summed E-state index contributed by atoms with van der Waals surface area (Å²) in [7, 11) is 5.16. The molecule has 0 aliphatic carbocycles. The molecule has 1 aliphatic rings. The minimum atomic E-state index is 0.584. The van der Waals surface area contributed by atoms with Crippen LogP contribution in [0, 0.1) is 5.92 Å². The van der Waals surface area contributed by atoms with Gasteiger partial charge in [0.2, 0.25) is 0 Å². The summed E-state index contributed by atoms with van der Waals surface area (Å²) < 4.78 is 18.5. The molecule has 1 aliphatic heterocycles. The molecule has 0 spiro atoms. The number of fused-ring (bicyclic) bond motifs is 1. The molecule has 3 rings (SSSR count). The van der Waals surface area contributed by atoms with Gasteiger partial charge < -0.3 is 18.8 Å². The molecular weight excluding hydrogens is 316 g/mol. The highest BCUT2D eigenvalue weighted by atomic mass is 16.5. The molecule has 0 amide bonds. The first-order valence-corrected chi connectivity index (χ1v) is 8.79. The number of aromatic nitrogens is 1. The van der Waals surface area contributed by atoms with Crippen LogP contribution < -0.4 is 9.47 Å². The molecule has 1 atom stereocenters. The lowest BCUT2D eigenvalue weighted by Crippen LogP contribution is -2.28. The number of methoxy groups -OCH3 is 3. The van der Waals surface area contributed by atoms with Crippen LogP contribution in [0.3, 0.4) is 0 Å². The molecule has 0 saturated heterocycles. The second-order valence-electron chi connectivity index (χ2n) is 6.69. The molecule has 0 N–H and O–H groups in total. The zero-order valence-corrected chi connectivity index (χ0v) is 15.4. The Kier molecular flexibility index (Phi) is 6.00. The second-order valence-corrected chi connectivity index (χ2v) is 6.69. The van der Waals surface area contributed by atoms with Crippen molar-refractivity contribution in [2.75, 3.05) is 34.5 Å². The van der Waals surface area contributed by atoms with Crippen molar-refractivity contribution in [1.29, 1.82) is 0 Å². The average Bonchev–Trinajstić information content (AvgIpc) is 2.98. The highest BCUT2D eigenvalue weighted by Gasteiger charge is 2.21. The van der Waals surface area contributed by atoms with Crippen molar-refractivity contribution in [2.45, 2.75) is 26.1 Å². The Morgan fingerprint density at radius 1 is 1.04 bits per heavy atom. The van der Waals surface area contributed by atoms with Gasteiger partial charge in [-0.25, -0.2) is 0 Å². The summed E-state index contributed by atoms with van der Waals surface area (Å²) in [5.41, 5.74) is 2.58. The molecule has 5 heteroatoms. The summed E-state index contributed by atoms with van der Waals surface area (Å²) >= 11 is 0. The first-order valence-electron chi connectivity index (χ1n) is 8.79. The zero-order valence-electron chi connectivity index (χ0n) is 15.4. The molecule has 0 bridgehead atoms. The lowest BCUT2D eigenvalue weighted by molar-refractivity contribution is 0.151. The van der Waals surface area contributed by atoms with E-state index in [1.54, 1.807) is 21.3 Å². The van der Waals surface area contributed by atoms with Gasteiger partial charge in [-0.05, 0) is 42.2 Å². The van der Waals surface area contributed by atoms with E-state index in [4.69, 9.17) is 14.2 Å². The van der Waals surface area contributed by atoms with Gasteiger partial charge in [-0.2, -0.15) is 0 Å². The van der Waals surface area contributed by atoms with Gasteiger partial charge in [0, 0.05) is 57.9 Å². The van der Waals surface area contributed by atoms with Gasteiger partial charge in [-0.1, -0.05) is 0 Å². The maximum absolute atomic E-state index is 5.41. The Bertz CT molecular complexity index is 661. The van der Waals surface area contributed by atoms with Crippen molar-refractivity contribution in [1.82, 2.24) is 9.47 Å². The van der Waals surface area contributed by atoms with Gasteiger partial charge in [0.1, 0.15) is 11.5 Å². The first kappa shape index (κ1) is 17.8. The molecular formula is C20H28N2O3. The van der Waals surface area contributed by atoms with Crippen LogP contribution >= 0.6 is 0 Å². The SMILES string of the molecule is COCCC1CN(Cc2cc(OC)cc(OC)c2)Cc2cccn2C1. The minimum Gasteiger partial charge on any atom is -0.497 e. The van der Waals surface area contributed by atoms with E-state index in [1.807, 2.05) is 6.07 Å². The Morgan fingerprint density at radius 3 is 2.48 bits per heavy atom. The normalized spacial score (nSPS) is 17.8. The summed E-state index contributed by atoms with van der Waals surface area (Å²) in [5.74, 6) is 2.26. The van der Waals surface area contributed by atoms with Crippen LogP contribution in [0.25, 0.3) is 0 Å². The highest BCUT2D eigenvalue weighted by molar-refractivity contribution is 5.38. The van der Waals surface area contributed by atoms with E-state index in [0.717, 1.165) is 50.7 Å². The van der Waals surface area contributed by atoms with Gasteiger partial charge in [-0.15, -0.1) is 0 Å². The predicted octanol–water partition coefficient (Wildman–Crippen LogP) is 3.17. The molecule has 2 aromatic rings. The first-order chi connectivity index (χ1) is 12.2. The summed E-state index contributed by atoms with van der Waals surface area (Å²) in [6.45, 7) is 4.76. The van der Waals surface area contributed by atoms with E-state index in [0.29, 0.717) is 5.92 Å². The molecule has 136 valence electrons. The fraction of sp³-hybridized carbons (Fsp3) is 0.500. The van der Waals surface area contributed by atoms with E-state index < -0.39 is 0 Å². The number of nitrogens with zero attached hydrogens (tertiary/aromatic N) is 2. The lowest BCUT2D eigenvalue weighted by atomic mass is 10.1. The van der Waals surface area contributed by atoms with Gasteiger partial charge >= 0.3 is 0 Å². The van der Waals surface area contributed by atoms with Crippen LogP contribution in [-0.4, -0.2) is 43.9 Å². The van der Waals surface area contributed by atoms with Crippen LogP contribution in [-0.2, 0) is 24.4 Å². The van der Waals surface area contributed by atoms with Gasteiger partial charge in [0.25, 0.3) is 0 Å². The summed E-state index contributed by atoms with van der Waals surface area (Å²) in [6.07, 6.45) is 3.26. The lowest BCUT2D eigenvalue weighted by Gasteiger charge is -2.24. The van der Waals surface area contributed by atoms with Gasteiger partial charge in [0.15, 0.2) is 0 Å². The molecule has 0 saturated carbocycles. The predicted molar refractivity (Wildman–Crippen MR) is 98.1 cm³/mol. The van der Waals surface area contributed by atoms with Crippen molar-refractivity contribution in [2.24, 2.45) is 5.92 Å². The summed E-state index contributed by atoms with van der Waals surface area (Å²) in [6, 6.07) is 10.5. The number of ether oxygens (including phenoxy) is 3. The van der Waals surface area contributed by atoms with E-state index in [1.165, 1.54) is 11.3 Å². The van der Waals surface area contributed by atoms with Crippen LogP contribution in [0.15, 0.2) is 36.5 Å². The molecule has 25 heavy (non-hydrogen) atoms.